The zero-order valence-corrected chi connectivity index (χ0v) is 10.0. The molecule has 0 saturated heterocycles. The third-order valence-electron chi connectivity index (χ3n) is 2.33. The molecule has 1 amide bonds. The molecule has 17 heavy (non-hydrogen) atoms. The molecular formula is C13H16FNO2. The van der Waals surface area contributed by atoms with Crippen molar-refractivity contribution in [3.63, 3.8) is 0 Å². The molecule has 1 rings (SSSR count). The molecule has 0 heterocycles. The fourth-order valence-corrected chi connectivity index (χ4v) is 1.32. The maximum atomic E-state index is 13.5. The average molecular weight is 237 g/mol. The highest BCUT2D eigenvalue weighted by Crippen LogP contribution is 2.15. The third-order valence-corrected chi connectivity index (χ3v) is 2.33. The molecule has 0 aliphatic heterocycles. The molecule has 0 unspecified atom stereocenters. The first-order chi connectivity index (χ1) is 8.19. The Morgan fingerprint density at radius 3 is 2.41 bits per heavy atom. The number of carbonyl (C=O) groups excluding carboxylic acids is 1. The van der Waals surface area contributed by atoms with E-state index >= 15 is 0 Å². The van der Waals surface area contributed by atoms with E-state index in [-0.39, 0.29) is 0 Å². The smallest absolute Gasteiger partial charge is 0.414 e. The molecule has 0 spiro atoms. The minimum atomic E-state index is -0.564. The van der Waals surface area contributed by atoms with Crippen LogP contribution in [-0.4, -0.2) is 24.1 Å². The average Bonchev–Trinajstić information content (AvgIpc) is 2.38. The number of hydrogen-bond donors (Lipinski definition) is 0. The number of nitrogens with zero attached hydrogens (tertiary/aromatic N) is 1. The van der Waals surface area contributed by atoms with Gasteiger partial charge in [0.2, 0.25) is 0 Å². The van der Waals surface area contributed by atoms with E-state index in [0.717, 1.165) is 6.26 Å². The summed E-state index contributed by atoms with van der Waals surface area (Å²) in [7, 11) is 0. The van der Waals surface area contributed by atoms with Gasteiger partial charge in [-0.15, -0.1) is 0 Å². The maximum Gasteiger partial charge on any atom is 0.414 e. The molecule has 92 valence electrons. The highest BCUT2D eigenvalue weighted by atomic mass is 19.1. The Morgan fingerprint density at radius 2 is 1.88 bits per heavy atom. The lowest BCUT2D eigenvalue weighted by molar-refractivity contribution is 0.141. The van der Waals surface area contributed by atoms with Crippen LogP contribution < -0.4 is 0 Å². The van der Waals surface area contributed by atoms with Crippen molar-refractivity contribution in [3.8, 4) is 0 Å². The molecule has 0 saturated carbocycles. The van der Waals surface area contributed by atoms with Crippen LogP contribution >= 0.6 is 0 Å². The second-order valence-corrected chi connectivity index (χ2v) is 3.39. The number of carbonyl (C=O) groups is 1. The number of benzene rings is 1. The first-order valence-corrected chi connectivity index (χ1v) is 5.55. The molecule has 0 fully saturated rings. The molecule has 0 aliphatic carbocycles. The van der Waals surface area contributed by atoms with Gasteiger partial charge in [-0.3, -0.25) is 0 Å². The summed E-state index contributed by atoms with van der Waals surface area (Å²) < 4.78 is 18.3. The highest BCUT2D eigenvalue weighted by Gasteiger charge is 2.10. The fraction of sp³-hybridized carbons (Fsp3) is 0.308. The SMILES string of the molecule is CCN(CC)C(=O)O/C=C(\F)c1ccccc1. The van der Waals surface area contributed by atoms with Gasteiger partial charge >= 0.3 is 6.09 Å². The van der Waals surface area contributed by atoms with Gasteiger partial charge in [-0.25, -0.2) is 9.18 Å². The summed E-state index contributed by atoms with van der Waals surface area (Å²) in [5.74, 6) is -0.564. The van der Waals surface area contributed by atoms with Crippen molar-refractivity contribution in [1.29, 1.82) is 0 Å². The second kappa shape index (κ2) is 6.68. The second-order valence-electron chi connectivity index (χ2n) is 3.39. The standard InChI is InChI=1S/C13H16FNO2/c1-3-15(4-2)13(16)17-10-12(14)11-8-6-5-7-9-11/h5-10H,3-4H2,1-2H3/b12-10-. The van der Waals surface area contributed by atoms with E-state index in [1.54, 1.807) is 30.3 Å². The van der Waals surface area contributed by atoms with Crippen LogP contribution in [0.25, 0.3) is 5.83 Å². The summed E-state index contributed by atoms with van der Waals surface area (Å²) in [4.78, 5) is 12.9. The zero-order chi connectivity index (χ0) is 12.7. The van der Waals surface area contributed by atoms with Crippen molar-refractivity contribution >= 4 is 11.9 Å². The Labute approximate surface area is 100 Å². The molecule has 0 aromatic heterocycles. The van der Waals surface area contributed by atoms with Crippen molar-refractivity contribution in [2.75, 3.05) is 13.1 Å². The predicted octanol–water partition coefficient (Wildman–Crippen LogP) is 3.43. The number of amides is 1. The number of halogens is 1. The van der Waals surface area contributed by atoms with Crippen molar-refractivity contribution in [2.45, 2.75) is 13.8 Å². The molecule has 1 aromatic carbocycles. The van der Waals surface area contributed by atoms with Crippen LogP contribution in [0, 0.1) is 0 Å². The van der Waals surface area contributed by atoms with Gasteiger partial charge in [0.25, 0.3) is 0 Å². The summed E-state index contributed by atoms with van der Waals surface area (Å²) in [6, 6.07) is 8.44. The van der Waals surface area contributed by atoms with Crippen LogP contribution in [0.1, 0.15) is 19.4 Å². The molecule has 0 atom stereocenters. The number of hydrogen-bond acceptors (Lipinski definition) is 2. The lowest BCUT2D eigenvalue weighted by atomic mass is 10.2. The monoisotopic (exact) mass is 237 g/mol. The lowest BCUT2D eigenvalue weighted by Gasteiger charge is -2.16. The van der Waals surface area contributed by atoms with E-state index in [1.807, 2.05) is 13.8 Å². The van der Waals surface area contributed by atoms with Gasteiger partial charge in [-0.1, -0.05) is 30.3 Å². The predicted molar refractivity (Wildman–Crippen MR) is 64.9 cm³/mol. The molecule has 0 N–H and O–H groups in total. The molecule has 0 bridgehead atoms. The summed E-state index contributed by atoms with van der Waals surface area (Å²) in [5.41, 5.74) is 0.389. The molecule has 1 aromatic rings. The van der Waals surface area contributed by atoms with Gasteiger partial charge in [0, 0.05) is 18.7 Å². The van der Waals surface area contributed by atoms with E-state index in [2.05, 4.69) is 0 Å². The molecule has 3 nitrogen and oxygen atoms in total. The van der Waals surface area contributed by atoms with Gasteiger partial charge in [0.05, 0.1) is 0 Å². The van der Waals surface area contributed by atoms with Crippen molar-refractivity contribution in [2.24, 2.45) is 0 Å². The summed E-state index contributed by atoms with van der Waals surface area (Å²) in [6.45, 7) is 4.75. The molecule has 0 radical (unpaired) electrons. The van der Waals surface area contributed by atoms with Gasteiger partial charge in [-0.2, -0.15) is 0 Å². The minimum Gasteiger partial charge on any atom is -0.415 e. The Hall–Kier alpha value is -1.84. The number of rotatable bonds is 4. The largest absolute Gasteiger partial charge is 0.415 e. The first kappa shape index (κ1) is 13.2. The minimum absolute atomic E-state index is 0.389. The van der Waals surface area contributed by atoms with Crippen LogP contribution in [0.4, 0.5) is 9.18 Å². The summed E-state index contributed by atoms with van der Waals surface area (Å²) in [5, 5.41) is 0. The van der Waals surface area contributed by atoms with Gasteiger partial charge < -0.3 is 9.64 Å². The Bertz CT molecular complexity index is 386. The first-order valence-electron chi connectivity index (χ1n) is 5.55. The van der Waals surface area contributed by atoms with E-state index < -0.39 is 11.9 Å². The molecule has 0 aliphatic rings. The van der Waals surface area contributed by atoms with Crippen LogP contribution in [0.2, 0.25) is 0 Å². The molecular weight excluding hydrogens is 221 g/mol. The fourth-order valence-electron chi connectivity index (χ4n) is 1.32. The van der Waals surface area contributed by atoms with Crippen LogP contribution in [0.5, 0.6) is 0 Å². The van der Waals surface area contributed by atoms with Crippen molar-refractivity contribution < 1.29 is 13.9 Å². The van der Waals surface area contributed by atoms with E-state index in [9.17, 15) is 9.18 Å². The van der Waals surface area contributed by atoms with Crippen LogP contribution in [0.15, 0.2) is 36.6 Å². The molecule has 4 heteroatoms. The van der Waals surface area contributed by atoms with Crippen LogP contribution in [-0.2, 0) is 4.74 Å². The maximum absolute atomic E-state index is 13.5. The zero-order valence-electron chi connectivity index (χ0n) is 10.0. The summed E-state index contributed by atoms with van der Waals surface area (Å²) >= 11 is 0. The quantitative estimate of drug-likeness (QED) is 0.751. The Balaban J connectivity index is 2.62. The Kier molecular flexibility index (Phi) is 5.20. The topological polar surface area (TPSA) is 29.5 Å². The van der Waals surface area contributed by atoms with Gasteiger partial charge in [0.15, 0.2) is 5.83 Å². The summed E-state index contributed by atoms with van der Waals surface area (Å²) in [6.07, 6.45) is 0.303. The van der Waals surface area contributed by atoms with E-state index in [1.165, 1.54) is 4.90 Å². The lowest BCUT2D eigenvalue weighted by Crippen LogP contribution is -2.29. The van der Waals surface area contributed by atoms with E-state index in [4.69, 9.17) is 4.74 Å². The van der Waals surface area contributed by atoms with Crippen LogP contribution in [0.3, 0.4) is 0 Å². The van der Waals surface area contributed by atoms with Gasteiger partial charge in [0.1, 0.15) is 6.26 Å². The highest BCUT2D eigenvalue weighted by molar-refractivity contribution is 5.70. The van der Waals surface area contributed by atoms with Crippen molar-refractivity contribution in [3.05, 3.63) is 42.2 Å². The Morgan fingerprint density at radius 1 is 1.29 bits per heavy atom. The third kappa shape index (κ3) is 3.90. The number of ether oxygens (including phenoxy) is 1. The van der Waals surface area contributed by atoms with E-state index in [0.29, 0.717) is 18.7 Å². The van der Waals surface area contributed by atoms with Crippen molar-refractivity contribution in [1.82, 2.24) is 4.90 Å². The normalized spacial score (nSPS) is 11.1. The van der Waals surface area contributed by atoms with Gasteiger partial charge in [-0.05, 0) is 13.8 Å².